The summed E-state index contributed by atoms with van der Waals surface area (Å²) in [5, 5.41) is 0.180. The standard InChI is InChI=1S/C8H15O3P/c1-3-5-7-8(6-4-2)12(9,10)11/h4,6H,2-3,5,7H2,1H3,(H2,9,10,11)/b8-6+. The lowest BCUT2D eigenvalue weighted by molar-refractivity contribution is 0.380. The van der Waals surface area contributed by atoms with Crippen LogP contribution in [0.5, 0.6) is 0 Å². The highest BCUT2D eigenvalue weighted by Gasteiger charge is 2.18. The van der Waals surface area contributed by atoms with Gasteiger partial charge in [0.2, 0.25) is 0 Å². The zero-order valence-electron chi connectivity index (χ0n) is 7.23. The topological polar surface area (TPSA) is 57.5 Å². The summed E-state index contributed by atoms with van der Waals surface area (Å²) in [5.41, 5.74) is 0. The van der Waals surface area contributed by atoms with Crippen LogP contribution in [0, 0.1) is 0 Å². The molecule has 0 aromatic rings. The molecule has 0 aromatic heterocycles. The van der Waals surface area contributed by atoms with Crippen molar-refractivity contribution in [2.75, 3.05) is 0 Å². The summed E-state index contributed by atoms with van der Waals surface area (Å²) in [4.78, 5) is 17.7. The predicted molar refractivity (Wildman–Crippen MR) is 49.8 cm³/mol. The molecule has 0 heterocycles. The molecule has 0 spiro atoms. The largest absolute Gasteiger partial charge is 0.352 e. The van der Waals surface area contributed by atoms with E-state index < -0.39 is 7.60 Å². The minimum absolute atomic E-state index is 0.180. The summed E-state index contributed by atoms with van der Waals surface area (Å²) in [6.45, 7) is 5.38. The highest BCUT2D eigenvalue weighted by atomic mass is 31.2. The van der Waals surface area contributed by atoms with Crippen LogP contribution < -0.4 is 0 Å². The second-order valence-corrected chi connectivity index (χ2v) is 4.20. The molecule has 3 nitrogen and oxygen atoms in total. The van der Waals surface area contributed by atoms with Crippen molar-refractivity contribution in [1.82, 2.24) is 0 Å². The minimum Gasteiger partial charge on any atom is -0.321 e. The molecule has 0 bridgehead atoms. The van der Waals surface area contributed by atoms with Gasteiger partial charge >= 0.3 is 7.60 Å². The molecule has 0 saturated carbocycles. The van der Waals surface area contributed by atoms with E-state index in [1.54, 1.807) is 0 Å². The average Bonchev–Trinajstić information content (AvgIpc) is 1.95. The van der Waals surface area contributed by atoms with Gasteiger partial charge in [-0.2, -0.15) is 0 Å². The van der Waals surface area contributed by atoms with Gasteiger partial charge in [-0.25, -0.2) is 0 Å². The Kier molecular flexibility index (Phi) is 5.14. The number of allylic oxidation sites excluding steroid dienone is 3. The maximum Gasteiger partial charge on any atom is 0.352 e. The Labute approximate surface area is 73.0 Å². The van der Waals surface area contributed by atoms with Crippen molar-refractivity contribution in [3.8, 4) is 0 Å². The van der Waals surface area contributed by atoms with E-state index in [9.17, 15) is 4.57 Å². The first-order valence-corrected chi connectivity index (χ1v) is 5.51. The summed E-state index contributed by atoms with van der Waals surface area (Å²) in [7, 11) is -4.03. The summed E-state index contributed by atoms with van der Waals surface area (Å²) < 4.78 is 10.8. The Morgan fingerprint density at radius 1 is 1.58 bits per heavy atom. The molecule has 0 atom stereocenters. The van der Waals surface area contributed by atoms with Gasteiger partial charge in [0, 0.05) is 5.31 Å². The SMILES string of the molecule is C=C/C=C(\CCCC)P(=O)(O)O. The van der Waals surface area contributed by atoms with E-state index in [0.29, 0.717) is 6.42 Å². The highest BCUT2D eigenvalue weighted by Crippen LogP contribution is 2.47. The molecular formula is C8H15O3P. The second-order valence-electron chi connectivity index (χ2n) is 2.54. The zero-order valence-corrected chi connectivity index (χ0v) is 8.13. The normalized spacial score (nSPS) is 13.1. The van der Waals surface area contributed by atoms with Gasteiger partial charge in [-0.3, -0.25) is 4.57 Å². The fraction of sp³-hybridized carbons (Fsp3) is 0.500. The molecule has 2 N–H and O–H groups in total. The lowest BCUT2D eigenvalue weighted by atomic mass is 10.2. The van der Waals surface area contributed by atoms with Crippen LogP contribution in [0.15, 0.2) is 24.0 Å². The smallest absolute Gasteiger partial charge is 0.321 e. The molecule has 0 amide bonds. The summed E-state index contributed by atoms with van der Waals surface area (Å²) in [6.07, 6.45) is 4.98. The monoisotopic (exact) mass is 190 g/mol. The first-order valence-electron chi connectivity index (χ1n) is 3.90. The van der Waals surface area contributed by atoms with E-state index >= 15 is 0 Å². The highest BCUT2D eigenvalue weighted by molar-refractivity contribution is 7.56. The van der Waals surface area contributed by atoms with Crippen molar-refractivity contribution in [2.24, 2.45) is 0 Å². The molecule has 0 aliphatic carbocycles. The van der Waals surface area contributed by atoms with Crippen LogP contribution in [0.1, 0.15) is 26.2 Å². The van der Waals surface area contributed by atoms with Crippen molar-refractivity contribution in [3.63, 3.8) is 0 Å². The van der Waals surface area contributed by atoms with Crippen LogP contribution in [0.3, 0.4) is 0 Å². The molecule has 0 radical (unpaired) electrons. The first kappa shape index (κ1) is 11.6. The van der Waals surface area contributed by atoms with Crippen molar-refractivity contribution in [2.45, 2.75) is 26.2 Å². The van der Waals surface area contributed by atoms with Gasteiger partial charge in [0.05, 0.1) is 0 Å². The van der Waals surface area contributed by atoms with Gasteiger partial charge in [-0.1, -0.05) is 32.1 Å². The fourth-order valence-corrected chi connectivity index (χ4v) is 1.57. The van der Waals surface area contributed by atoms with Gasteiger partial charge in [0.15, 0.2) is 0 Å². The van der Waals surface area contributed by atoms with Gasteiger partial charge in [-0.15, -0.1) is 0 Å². The summed E-state index contributed by atoms with van der Waals surface area (Å²) >= 11 is 0. The molecule has 0 saturated heterocycles. The lowest BCUT2D eigenvalue weighted by Crippen LogP contribution is -1.86. The Balaban J connectivity index is 4.36. The predicted octanol–water partition coefficient (Wildman–Crippen LogP) is 2.42. The van der Waals surface area contributed by atoms with E-state index in [0.717, 1.165) is 12.8 Å². The molecule has 0 unspecified atom stereocenters. The maximum absolute atomic E-state index is 10.8. The Morgan fingerprint density at radius 2 is 2.17 bits per heavy atom. The van der Waals surface area contributed by atoms with Crippen LogP contribution in [0.4, 0.5) is 0 Å². The third-order valence-electron chi connectivity index (χ3n) is 1.47. The van der Waals surface area contributed by atoms with E-state index in [1.165, 1.54) is 12.2 Å². The van der Waals surface area contributed by atoms with Gasteiger partial charge < -0.3 is 9.79 Å². The molecule has 0 aromatic carbocycles. The molecular weight excluding hydrogens is 175 g/mol. The molecule has 12 heavy (non-hydrogen) atoms. The fourth-order valence-electron chi connectivity index (χ4n) is 0.820. The Hall–Kier alpha value is -0.370. The Bertz CT molecular complexity index is 214. The van der Waals surface area contributed by atoms with Gasteiger partial charge in [0.1, 0.15) is 0 Å². The van der Waals surface area contributed by atoms with Crippen molar-refractivity contribution in [3.05, 3.63) is 24.0 Å². The van der Waals surface area contributed by atoms with Crippen LogP contribution >= 0.6 is 7.60 Å². The quantitative estimate of drug-likeness (QED) is 0.517. The Morgan fingerprint density at radius 3 is 2.50 bits per heavy atom. The van der Waals surface area contributed by atoms with E-state index in [2.05, 4.69) is 6.58 Å². The maximum atomic E-state index is 10.8. The van der Waals surface area contributed by atoms with Crippen molar-refractivity contribution >= 4 is 7.60 Å². The molecule has 0 aliphatic heterocycles. The third-order valence-corrected chi connectivity index (χ3v) is 2.59. The number of rotatable bonds is 5. The van der Waals surface area contributed by atoms with E-state index in [1.807, 2.05) is 6.92 Å². The number of hydrogen-bond donors (Lipinski definition) is 2. The summed E-state index contributed by atoms with van der Waals surface area (Å²) in [6, 6.07) is 0. The summed E-state index contributed by atoms with van der Waals surface area (Å²) in [5.74, 6) is 0. The van der Waals surface area contributed by atoms with Gasteiger partial charge in [0.25, 0.3) is 0 Å². The molecule has 4 heteroatoms. The molecule has 0 fully saturated rings. The van der Waals surface area contributed by atoms with Gasteiger partial charge in [-0.05, 0) is 12.8 Å². The van der Waals surface area contributed by atoms with Crippen molar-refractivity contribution in [1.29, 1.82) is 0 Å². The van der Waals surface area contributed by atoms with E-state index in [-0.39, 0.29) is 5.31 Å². The first-order chi connectivity index (χ1) is 5.52. The van der Waals surface area contributed by atoms with Crippen molar-refractivity contribution < 1.29 is 14.4 Å². The minimum atomic E-state index is -4.03. The average molecular weight is 190 g/mol. The third kappa shape index (κ3) is 4.50. The zero-order chi connectivity index (χ0) is 9.61. The lowest BCUT2D eigenvalue weighted by Gasteiger charge is -2.07. The second kappa shape index (κ2) is 5.31. The van der Waals surface area contributed by atoms with Crippen LogP contribution in [-0.4, -0.2) is 9.79 Å². The number of hydrogen-bond acceptors (Lipinski definition) is 1. The molecule has 70 valence electrons. The molecule has 0 aliphatic rings. The van der Waals surface area contributed by atoms with E-state index in [4.69, 9.17) is 9.79 Å². The van der Waals surface area contributed by atoms with Crippen LogP contribution in [0.25, 0.3) is 0 Å². The number of unbranched alkanes of at least 4 members (excludes halogenated alkanes) is 1. The van der Waals surface area contributed by atoms with Crippen LogP contribution in [-0.2, 0) is 4.57 Å². The molecule has 0 rings (SSSR count). The van der Waals surface area contributed by atoms with Crippen LogP contribution in [0.2, 0.25) is 0 Å².